The van der Waals surface area contributed by atoms with Gasteiger partial charge in [0.25, 0.3) is 0 Å². The van der Waals surface area contributed by atoms with Gasteiger partial charge in [-0.3, -0.25) is 10.1 Å². The zero-order valence-electron chi connectivity index (χ0n) is 12.4. The van der Waals surface area contributed by atoms with Crippen LogP contribution in [-0.4, -0.2) is 20.8 Å². The van der Waals surface area contributed by atoms with Crippen LogP contribution in [0.3, 0.4) is 0 Å². The fourth-order valence-electron chi connectivity index (χ4n) is 2.44. The van der Waals surface area contributed by atoms with E-state index in [1.165, 1.54) is 4.52 Å². The normalized spacial score (nSPS) is 10.7. The van der Waals surface area contributed by atoms with Crippen molar-refractivity contribution in [3.8, 4) is 17.3 Å². The Morgan fingerprint density at radius 3 is 2.62 bits per heavy atom. The highest BCUT2D eigenvalue weighted by Crippen LogP contribution is 2.39. The second-order valence-corrected chi connectivity index (χ2v) is 6.10. The number of pyridine rings is 1. The molecule has 0 aliphatic heterocycles. The lowest BCUT2D eigenvalue weighted by Crippen LogP contribution is -2.06. The molecular weight excluding hydrogens is 350 g/mol. The summed E-state index contributed by atoms with van der Waals surface area (Å²) >= 11 is 6.98. The van der Waals surface area contributed by atoms with Crippen LogP contribution in [0.2, 0.25) is 5.02 Å². The highest BCUT2D eigenvalue weighted by Gasteiger charge is 2.27. The Morgan fingerprint density at radius 2 is 2.08 bits per heavy atom. The van der Waals surface area contributed by atoms with Gasteiger partial charge in [0.2, 0.25) is 0 Å². The maximum absolute atomic E-state index is 11.5. The number of nitrogen functional groups attached to an aromatic ring is 1. The summed E-state index contributed by atoms with van der Waals surface area (Å²) in [5, 5.41) is 25.8. The third-order valence-electron chi connectivity index (χ3n) is 3.52. The fourth-order valence-corrected chi connectivity index (χ4v) is 3.29. The van der Waals surface area contributed by atoms with E-state index in [0.717, 1.165) is 17.3 Å². The lowest BCUT2D eigenvalue weighted by atomic mass is 10.1. The quantitative estimate of drug-likeness (QED) is 0.433. The van der Waals surface area contributed by atoms with Crippen LogP contribution < -0.4 is 5.73 Å². The van der Waals surface area contributed by atoms with Crippen LogP contribution in [-0.2, 0) is 0 Å². The van der Waals surface area contributed by atoms with Crippen LogP contribution in [0.4, 0.5) is 11.5 Å². The fraction of sp³-hybridized carbons (Fsp3) is 0.0667. The second kappa shape index (κ2) is 6.03. The Kier molecular flexibility index (Phi) is 4.05. The Morgan fingerprint density at radius 1 is 1.42 bits per heavy atom. The third kappa shape index (κ3) is 2.44. The van der Waals surface area contributed by atoms with E-state index in [2.05, 4.69) is 5.10 Å². The standard InChI is InChI=1S/C15H10ClN5O2S/c1-24-14-10(7-17)15(18)20-12(13(14)21(22)23)6-11(19-20)8-2-4-9(16)5-3-8/h2-6H,18H2,1H3. The minimum Gasteiger partial charge on any atom is -0.382 e. The van der Waals surface area contributed by atoms with Crippen LogP contribution in [0, 0.1) is 21.4 Å². The van der Waals surface area contributed by atoms with Crippen molar-refractivity contribution < 1.29 is 4.92 Å². The lowest BCUT2D eigenvalue weighted by Gasteiger charge is -2.07. The lowest BCUT2D eigenvalue weighted by molar-refractivity contribution is -0.386. The molecule has 2 N–H and O–H groups in total. The first-order valence-electron chi connectivity index (χ1n) is 6.67. The molecule has 1 aromatic carbocycles. The van der Waals surface area contributed by atoms with Crippen molar-refractivity contribution >= 4 is 40.4 Å². The van der Waals surface area contributed by atoms with Crippen molar-refractivity contribution in [2.24, 2.45) is 0 Å². The summed E-state index contributed by atoms with van der Waals surface area (Å²) in [6.45, 7) is 0. The molecule has 0 spiro atoms. The molecule has 0 fully saturated rings. The number of rotatable bonds is 3. The molecule has 2 heterocycles. The number of aromatic nitrogens is 2. The molecule has 2 aromatic heterocycles. The molecule has 3 rings (SSSR count). The number of anilines is 1. The van der Waals surface area contributed by atoms with Crippen LogP contribution in [0.15, 0.2) is 35.2 Å². The van der Waals surface area contributed by atoms with Crippen molar-refractivity contribution in [2.45, 2.75) is 4.90 Å². The van der Waals surface area contributed by atoms with Crippen molar-refractivity contribution in [1.82, 2.24) is 9.61 Å². The van der Waals surface area contributed by atoms with Crippen molar-refractivity contribution in [3.63, 3.8) is 0 Å². The molecule has 0 bridgehead atoms. The highest BCUT2D eigenvalue weighted by molar-refractivity contribution is 7.98. The molecule has 0 saturated heterocycles. The van der Waals surface area contributed by atoms with E-state index < -0.39 is 4.92 Å². The van der Waals surface area contributed by atoms with E-state index >= 15 is 0 Å². The monoisotopic (exact) mass is 359 g/mol. The molecule has 3 aromatic rings. The predicted octanol–water partition coefficient (Wildman–Crippen LogP) is 3.74. The van der Waals surface area contributed by atoms with Gasteiger partial charge in [0.15, 0.2) is 0 Å². The molecule has 0 radical (unpaired) electrons. The molecule has 0 aliphatic rings. The van der Waals surface area contributed by atoms with E-state index in [1.807, 2.05) is 6.07 Å². The number of hydrogen-bond acceptors (Lipinski definition) is 6. The topological polar surface area (TPSA) is 110 Å². The average molecular weight is 360 g/mol. The third-order valence-corrected chi connectivity index (χ3v) is 4.57. The maximum atomic E-state index is 11.5. The molecule has 0 unspecified atom stereocenters. The van der Waals surface area contributed by atoms with E-state index in [1.54, 1.807) is 36.6 Å². The molecule has 0 atom stereocenters. The summed E-state index contributed by atoms with van der Waals surface area (Å²) in [5.41, 5.74) is 7.36. The van der Waals surface area contributed by atoms with Gasteiger partial charge in [-0.25, -0.2) is 4.52 Å². The summed E-state index contributed by atoms with van der Waals surface area (Å²) < 4.78 is 1.24. The number of benzene rings is 1. The van der Waals surface area contributed by atoms with Crippen LogP contribution >= 0.6 is 23.4 Å². The molecule has 9 heteroatoms. The summed E-state index contributed by atoms with van der Waals surface area (Å²) in [6.07, 6.45) is 1.66. The SMILES string of the molecule is CSc1c(C#N)c(N)n2nc(-c3ccc(Cl)cc3)cc2c1[N+](=O)[O-]. The van der Waals surface area contributed by atoms with Crippen molar-refractivity contribution in [1.29, 1.82) is 5.26 Å². The van der Waals surface area contributed by atoms with Gasteiger partial charge in [0.05, 0.1) is 10.6 Å². The molecular formula is C15H10ClN5O2S. The minimum absolute atomic E-state index is 0.0486. The zero-order chi connectivity index (χ0) is 17.4. The largest absolute Gasteiger partial charge is 0.382 e. The highest BCUT2D eigenvalue weighted by atomic mass is 35.5. The number of nitriles is 1. The zero-order valence-corrected chi connectivity index (χ0v) is 13.9. The Labute approximate surface area is 145 Å². The number of halogens is 1. The maximum Gasteiger partial charge on any atom is 0.309 e. The molecule has 7 nitrogen and oxygen atoms in total. The molecule has 0 amide bonds. The molecule has 24 heavy (non-hydrogen) atoms. The average Bonchev–Trinajstić information content (AvgIpc) is 2.99. The summed E-state index contributed by atoms with van der Waals surface area (Å²) in [4.78, 5) is 11.3. The number of fused-ring (bicyclic) bond motifs is 1. The van der Waals surface area contributed by atoms with E-state index in [4.69, 9.17) is 17.3 Å². The van der Waals surface area contributed by atoms with E-state index in [0.29, 0.717) is 10.7 Å². The first-order chi connectivity index (χ1) is 11.5. The first-order valence-corrected chi connectivity index (χ1v) is 8.27. The minimum atomic E-state index is -0.519. The number of nitrogens with two attached hydrogens (primary N) is 1. The van der Waals surface area contributed by atoms with Gasteiger partial charge >= 0.3 is 5.69 Å². The van der Waals surface area contributed by atoms with Gasteiger partial charge in [0, 0.05) is 10.6 Å². The Balaban J connectivity index is 2.38. The number of nitro groups is 1. The Bertz CT molecular complexity index is 1010. The summed E-state index contributed by atoms with van der Waals surface area (Å²) in [6, 6.07) is 10.4. The summed E-state index contributed by atoms with van der Waals surface area (Å²) in [5.74, 6) is 0.0719. The summed E-state index contributed by atoms with van der Waals surface area (Å²) in [7, 11) is 0. The smallest absolute Gasteiger partial charge is 0.309 e. The van der Waals surface area contributed by atoms with Gasteiger partial charge in [-0.05, 0) is 24.5 Å². The number of hydrogen-bond donors (Lipinski definition) is 1. The van der Waals surface area contributed by atoms with Crippen molar-refractivity contribution in [2.75, 3.05) is 12.0 Å². The van der Waals surface area contributed by atoms with Crippen LogP contribution in [0.1, 0.15) is 5.56 Å². The first kappa shape index (κ1) is 16.1. The predicted molar refractivity (Wildman–Crippen MR) is 93.2 cm³/mol. The second-order valence-electron chi connectivity index (χ2n) is 4.84. The van der Waals surface area contributed by atoms with Gasteiger partial charge in [-0.1, -0.05) is 23.7 Å². The molecule has 120 valence electrons. The van der Waals surface area contributed by atoms with Crippen molar-refractivity contribution in [3.05, 3.63) is 51.0 Å². The van der Waals surface area contributed by atoms with E-state index in [9.17, 15) is 15.4 Å². The number of nitrogens with zero attached hydrogens (tertiary/aromatic N) is 4. The molecule has 0 saturated carbocycles. The van der Waals surface area contributed by atoms with E-state index in [-0.39, 0.29) is 27.5 Å². The van der Waals surface area contributed by atoms with Gasteiger partial charge < -0.3 is 5.73 Å². The number of thioether (sulfide) groups is 1. The van der Waals surface area contributed by atoms with Gasteiger partial charge in [-0.2, -0.15) is 10.4 Å². The van der Waals surface area contributed by atoms with Crippen LogP contribution in [0.25, 0.3) is 16.8 Å². The van der Waals surface area contributed by atoms with Gasteiger partial charge in [-0.15, -0.1) is 11.8 Å². The Hall–Kier alpha value is -2.76. The van der Waals surface area contributed by atoms with Gasteiger partial charge in [0.1, 0.15) is 27.9 Å². The van der Waals surface area contributed by atoms with Crippen LogP contribution in [0.5, 0.6) is 0 Å². The molecule has 0 aliphatic carbocycles.